The zero-order chi connectivity index (χ0) is 11.8. The lowest BCUT2D eigenvalue weighted by Gasteiger charge is -1.99. The number of hydrogen-bond donors (Lipinski definition) is 0. The van der Waals surface area contributed by atoms with Gasteiger partial charge in [-0.2, -0.15) is 0 Å². The molecule has 1 fully saturated rings. The summed E-state index contributed by atoms with van der Waals surface area (Å²) in [4.78, 5) is 0. The Hall–Kier alpha value is -0.260. The molecule has 1 saturated carbocycles. The van der Waals surface area contributed by atoms with Gasteiger partial charge in [-0.3, -0.25) is 0 Å². The van der Waals surface area contributed by atoms with Crippen LogP contribution in [0.3, 0.4) is 0 Å². The Morgan fingerprint density at radius 1 is 1.07 bits per heavy atom. The van der Waals surface area contributed by atoms with Gasteiger partial charge < -0.3 is 0 Å². The molecule has 0 aromatic rings. The van der Waals surface area contributed by atoms with Gasteiger partial charge in [-0.15, -0.1) is 6.58 Å². The van der Waals surface area contributed by atoms with Gasteiger partial charge in [0, 0.05) is 0 Å². The summed E-state index contributed by atoms with van der Waals surface area (Å²) in [6.07, 6.45) is 9.18. The van der Waals surface area contributed by atoms with Gasteiger partial charge in [0.1, 0.15) is 0 Å². The normalized spacial score (nSPS) is 13.6. The predicted molar refractivity (Wildman–Crippen MR) is 70.8 cm³/mol. The molecule has 0 atom stereocenters. The molecule has 88 valence electrons. The van der Waals surface area contributed by atoms with Crippen molar-refractivity contribution in [2.24, 2.45) is 5.92 Å². The summed E-state index contributed by atoms with van der Waals surface area (Å²) in [6, 6.07) is 0. The largest absolute Gasteiger partial charge is 0.103 e. The first-order valence-corrected chi connectivity index (χ1v) is 6.42. The summed E-state index contributed by atoms with van der Waals surface area (Å²) in [5, 5.41) is 0. The van der Waals surface area contributed by atoms with Gasteiger partial charge in [-0.05, 0) is 12.8 Å². The molecule has 0 amide bonds. The Morgan fingerprint density at radius 3 is 1.50 bits per heavy atom. The maximum absolute atomic E-state index is 3.36. The first kappa shape index (κ1) is 19.3. The lowest BCUT2D eigenvalue weighted by Crippen LogP contribution is -1.86. The molecule has 0 nitrogen and oxygen atoms in total. The molecule has 1 rings (SSSR count). The Kier molecular flexibility index (Phi) is 31.7. The zero-order valence-corrected chi connectivity index (χ0v) is 11.4. The molecule has 14 heavy (non-hydrogen) atoms. The van der Waals surface area contributed by atoms with Crippen molar-refractivity contribution in [3.8, 4) is 0 Å². The van der Waals surface area contributed by atoms with Gasteiger partial charge >= 0.3 is 0 Å². The van der Waals surface area contributed by atoms with E-state index in [1.54, 1.807) is 6.08 Å². The van der Waals surface area contributed by atoms with Crippen molar-refractivity contribution in [3.05, 3.63) is 12.7 Å². The second kappa shape index (κ2) is 23.0. The lowest BCUT2D eigenvalue weighted by atomic mass is 10.1. The fraction of sp³-hybridized carbons (Fsp3) is 0.857. The van der Waals surface area contributed by atoms with Gasteiger partial charge in [0.05, 0.1) is 0 Å². The van der Waals surface area contributed by atoms with E-state index in [2.05, 4.69) is 13.5 Å². The predicted octanol–water partition coefficient (Wildman–Crippen LogP) is 5.83. The van der Waals surface area contributed by atoms with Crippen molar-refractivity contribution in [3.63, 3.8) is 0 Å². The SMILES string of the molecule is C=CC.CC.CC.CCC1CCCC1. The van der Waals surface area contributed by atoms with E-state index in [9.17, 15) is 0 Å². The summed E-state index contributed by atoms with van der Waals surface area (Å²) in [7, 11) is 0. The minimum Gasteiger partial charge on any atom is -0.103 e. The van der Waals surface area contributed by atoms with Crippen LogP contribution in [-0.4, -0.2) is 0 Å². The van der Waals surface area contributed by atoms with Crippen molar-refractivity contribution in [2.75, 3.05) is 0 Å². The standard InChI is InChI=1S/C7H14.C3H6.2C2H6/c1-2-7-5-3-4-6-7;1-3-2;2*1-2/h7H,2-6H2,1H3;3H,1H2,2H3;2*1-2H3. The Bertz CT molecular complexity index is 68.1. The van der Waals surface area contributed by atoms with Crippen LogP contribution in [-0.2, 0) is 0 Å². The molecule has 0 aromatic heterocycles. The van der Waals surface area contributed by atoms with Crippen LogP contribution in [0, 0.1) is 5.92 Å². The first-order chi connectivity index (χ1) is 6.85. The Labute approximate surface area is 92.8 Å². The van der Waals surface area contributed by atoms with E-state index in [4.69, 9.17) is 0 Å². The van der Waals surface area contributed by atoms with E-state index in [0.29, 0.717) is 0 Å². The van der Waals surface area contributed by atoms with Gasteiger partial charge in [0.2, 0.25) is 0 Å². The minimum atomic E-state index is 1.10. The molecule has 0 aromatic carbocycles. The summed E-state index contributed by atoms with van der Waals surface area (Å²) in [6.45, 7) is 15.6. The minimum absolute atomic E-state index is 1.10. The van der Waals surface area contributed by atoms with Crippen LogP contribution >= 0.6 is 0 Å². The molecule has 0 unspecified atom stereocenters. The average Bonchev–Trinajstić information content (AvgIpc) is 2.77. The van der Waals surface area contributed by atoms with Crippen LogP contribution in [0.15, 0.2) is 12.7 Å². The third kappa shape index (κ3) is 17.7. The van der Waals surface area contributed by atoms with E-state index >= 15 is 0 Å². The molecule has 0 bridgehead atoms. The monoisotopic (exact) mass is 200 g/mol. The first-order valence-electron chi connectivity index (χ1n) is 6.42. The van der Waals surface area contributed by atoms with Crippen molar-refractivity contribution < 1.29 is 0 Å². The van der Waals surface area contributed by atoms with Crippen LogP contribution in [0.25, 0.3) is 0 Å². The van der Waals surface area contributed by atoms with E-state index in [0.717, 1.165) is 5.92 Å². The topological polar surface area (TPSA) is 0 Å². The third-order valence-electron chi connectivity index (χ3n) is 2.05. The van der Waals surface area contributed by atoms with Crippen molar-refractivity contribution >= 4 is 0 Å². The van der Waals surface area contributed by atoms with Gasteiger partial charge in [0.15, 0.2) is 0 Å². The maximum Gasteiger partial charge on any atom is -0.0417 e. The Morgan fingerprint density at radius 2 is 1.36 bits per heavy atom. The number of hydrogen-bond acceptors (Lipinski definition) is 0. The highest BCUT2D eigenvalue weighted by Crippen LogP contribution is 2.26. The Balaban J connectivity index is -0.000000148. The number of rotatable bonds is 1. The lowest BCUT2D eigenvalue weighted by molar-refractivity contribution is 0.531. The molecule has 0 heterocycles. The average molecular weight is 200 g/mol. The van der Waals surface area contributed by atoms with Crippen molar-refractivity contribution in [1.82, 2.24) is 0 Å². The fourth-order valence-electron chi connectivity index (χ4n) is 1.42. The van der Waals surface area contributed by atoms with E-state index < -0.39 is 0 Å². The highest BCUT2D eigenvalue weighted by Gasteiger charge is 2.11. The summed E-state index contributed by atoms with van der Waals surface area (Å²) in [5.41, 5.74) is 0. The van der Waals surface area contributed by atoms with Gasteiger partial charge in [0.25, 0.3) is 0 Å². The summed E-state index contributed by atoms with van der Waals surface area (Å²) < 4.78 is 0. The van der Waals surface area contributed by atoms with Crippen LogP contribution in [0.1, 0.15) is 73.6 Å². The van der Waals surface area contributed by atoms with Crippen LogP contribution in [0.4, 0.5) is 0 Å². The highest BCUT2D eigenvalue weighted by atomic mass is 14.2. The molecule has 1 aliphatic carbocycles. The molecular weight excluding hydrogens is 168 g/mol. The van der Waals surface area contributed by atoms with Crippen LogP contribution in [0.2, 0.25) is 0 Å². The van der Waals surface area contributed by atoms with E-state index in [1.165, 1.54) is 32.1 Å². The molecule has 0 spiro atoms. The molecular formula is C14H32. The molecule has 0 radical (unpaired) electrons. The summed E-state index contributed by atoms with van der Waals surface area (Å²) in [5.74, 6) is 1.10. The molecule has 0 heteroatoms. The smallest absolute Gasteiger partial charge is 0.0417 e. The maximum atomic E-state index is 3.36. The second-order valence-electron chi connectivity index (χ2n) is 2.97. The fourth-order valence-corrected chi connectivity index (χ4v) is 1.42. The van der Waals surface area contributed by atoms with E-state index in [1.807, 2.05) is 34.6 Å². The summed E-state index contributed by atoms with van der Waals surface area (Å²) >= 11 is 0. The molecule has 0 saturated heterocycles. The van der Waals surface area contributed by atoms with Gasteiger partial charge in [-0.1, -0.05) is 72.8 Å². The van der Waals surface area contributed by atoms with Crippen LogP contribution in [0.5, 0.6) is 0 Å². The van der Waals surface area contributed by atoms with Crippen molar-refractivity contribution in [1.29, 1.82) is 0 Å². The van der Waals surface area contributed by atoms with Crippen molar-refractivity contribution in [2.45, 2.75) is 73.6 Å². The quantitative estimate of drug-likeness (QED) is 0.467. The third-order valence-corrected chi connectivity index (χ3v) is 2.05. The van der Waals surface area contributed by atoms with Gasteiger partial charge in [-0.25, -0.2) is 0 Å². The molecule has 0 aliphatic heterocycles. The zero-order valence-electron chi connectivity index (χ0n) is 11.4. The molecule has 0 N–H and O–H groups in total. The highest BCUT2D eigenvalue weighted by molar-refractivity contribution is 4.64. The van der Waals surface area contributed by atoms with E-state index in [-0.39, 0.29) is 0 Å². The van der Waals surface area contributed by atoms with Crippen LogP contribution < -0.4 is 0 Å². The number of allylic oxidation sites excluding steroid dienone is 1. The second-order valence-corrected chi connectivity index (χ2v) is 2.97. The molecule has 1 aliphatic rings.